The fourth-order valence-electron chi connectivity index (χ4n) is 9.45. The van der Waals surface area contributed by atoms with Crippen LogP contribution < -0.4 is 9.47 Å². The van der Waals surface area contributed by atoms with Gasteiger partial charge in [0.1, 0.15) is 44.0 Å². The van der Waals surface area contributed by atoms with Crippen LogP contribution in [0.3, 0.4) is 0 Å². The lowest BCUT2D eigenvalue weighted by molar-refractivity contribution is -0.170. The number of carbonyl (C=O) groups excluding carboxylic acids is 5. The number of hydrogen-bond donors (Lipinski definition) is 1. The van der Waals surface area contributed by atoms with Crippen molar-refractivity contribution in [1.82, 2.24) is 0 Å². The van der Waals surface area contributed by atoms with Crippen LogP contribution in [0.25, 0.3) is 0 Å². The Balaban J connectivity index is 0.000000185. The highest BCUT2D eigenvalue weighted by Crippen LogP contribution is 2.48. The maximum absolute atomic E-state index is 13.6. The molecule has 22 heteroatoms. The van der Waals surface area contributed by atoms with E-state index < -0.39 is 89.5 Å². The van der Waals surface area contributed by atoms with Gasteiger partial charge >= 0.3 is 29.8 Å². The number of carbonyl (C=O) groups is 5. The van der Waals surface area contributed by atoms with Crippen LogP contribution in [0.15, 0.2) is 153 Å². The lowest BCUT2D eigenvalue weighted by Gasteiger charge is -2.31. The molecule has 93 heavy (non-hydrogen) atoms. The Kier molecular flexibility index (Phi) is 24.5. The van der Waals surface area contributed by atoms with Crippen molar-refractivity contribution in [2.45, 2.75) is 185 Å². The first kappa shape index (κ1) is 74.4. The van der Waals surface area contributed by atoms with Gasteiger partial charge in [-0.05, 0) is 191 Å². The van der Waals surface area contributed by atoms with Gasteiger partial charge in [0, 0.05) is 0 Å². The molecule has 3 saturated heterocycles. The first-order chi connectivity index (χ1) is 43.5. The molecule has 6 aromatic rings. The molecular weight excluding hydrogens is 1250 g/mol. The summed E-state index contributed by atoms with van der Waals surface area (Å²) < 4.78 is 131. The smallest absolute Gasteiger partial charge is 0.317 e. The number of halogens is 5. The molecule has 6 aromatic carbocycles. The number of phenols is 1. The van der Waals surface area contributed by atoms with Gasteiger partial charge in [0.2, 0.25) is 17.4 Å². The minimum atomic E-state index is -5.81. The van der Waals surface area contributed by atoms with Crippen molar-refractivity contribution in [1.29, 1.82) is 0 Å². The molecule has 15 nitrogen and oxygen atoms in total. The number of esters is 5. The third kappa shape index (κ3) is 18.0. The number of aryl methyl sites for hydroxylation is 1. The zero-order chi connectivity index (χ0) is 69.2. The quantitative estimate of drug-likeness (QED) is 0.0181. The first-order valence-electron chi connectivity index (χ1n) is 30.5. The van der Waals surface area contributed by atoms with E-state index in [4.69, 9.17) is 28.8 Å². The van der Waals surface area contributed by atoms with Gasteiger partial charge in [0.15, 0.2) is 38.5 Å². The Labute approximate surface area is 543 Å². The van der Waals surface area contributed by atoms with Crippen molar-refractivity contribution in [3.8, 4) is 17.2 Å². The predicted octanol–water partition coefficient (Wildman–Crippen LogP) is 15.0. The molecule has 6 unspecified atom stereocenters. The Hall–Kier alpha value is -7.66. The molecule has 3 aliphatic heterocycles. The van der Waals surface area contributed by atoms with E-state index in [1.54, 1.807) is 31.2 Å². The summed E-state index contributed by atoms with van der Waals surface area (Å²) in [5, 5.41) is 9.06. The van der Waals surface area contributed by atoms with Gasteiger partial charge in [-0.2, -0.15) is 8.78 Å². The second-order valence-corrected chi connectivity index (χ2v) is 28.9. The molecule has 0 saturated carbocycles. The number of benzene rings is 6. The highest BCUT2D eigenvalue weighted by Gasteiger charge is 2.65. The highest BCUT2D eigenvalue weighted by atomic mass is 32.2. The van der Waals surface area contributed by atoms with E-state index in [0.29, 0.717) is 18.6 Å². The normalized spacial score (nSPS) is 19.4. The van der Waals surface area contributed by atoms with Crippen LogP contribution in [-0.2, 0) is 76.0 Å². The van der Waals surface area contributed by atoms with E-state index in [1.807, 2.05) is 69.2 Å². The minimum absolute atomic E-state index is 0.0146. The number of rotatable bonds is 16. The van der Waals surface area contributed by atoms with Crippen LogP contribution in [0.1, 0.15) is 140 Å². The van der Waals surface area contributed by atoms with Gasteiger partial charge in [-0.3, -0.25) is 24.0 Å². The van der Waals surface area contributed by atoms with Crippen LogP contribution in [-0.4, -0.2) is 72.3 Å². The highest BCUT2D eigenvalue weighted by molar-refractivity contribution is 7.97. The van der Waals surface area contributed by atoms with Gasteiger partial charge in [0.05, 0.1) is 44.6 Å². The number of phenolic OH excluding ortho intramolecular Hbond substituents is 1. The first-order valence-corrected chi connectivity index (χ1v) is 33.1. The molecule has 2 bridgehead atoms. The molecule has 10 rings (SSSR count). The second-order valence-electron chi connectivity index (χ2n) is 25.5. The fraction of sp³-hybridized carbons (Fsp3) is 0.423. The molecule has 502 valence electrons. The summed E-state index contributed by atoms with van der Waals surface area (Å²) in [7, 11) is -5.82. The van der Waals surface area contributed by atoms with Crippen molar-refractivity contribution in [2.24, 2.45) is 27.6 Å². The number of ether oxygens (including phenoxy) is 6. The van der Waals surface area contributed by atoms with Gasteiger partial charge in [0.25, 0.3) is 0 Å². The van der Waals surface area contributed by atoms with E-state index in [9.17, 15) is 58.9 Å². The van der Waals surface area contributed by atoms with E-state index in [1.165, 1.54) is 46.7 Å². The summed E-state index contributed by atoms with van der Waals surface area (Å²) in [6.45, 7) is 23.2. The van der Waals surface area contributed by atoms with E-state index in [0.717, 1.165) is 36.8 Å². The van der Waals surface area contributed by atoms with Crippen LogP contribution in [0.2, 0.25) is 0 Å². The lowest BCUT2D eigenvalue weighted by Crippen LogP contribution is -2.42. The maximum atomic E-state index is 13.6. The Bertz CT molecular complexity index is 3600. The van der Waals surface area contributed by atoms with Crippen molar-refractivity contribution in [3.05, 3.63) is 174 Å². The van der Waals surface area contributed by atoms with Gasteiger partial charge in [-0.25, -0.2) is 21.6 Å². The molecule has 6 atom stereocenters. The summed E-state index contributed by atoms with van der Waals surface area (Å²) >= 11 is 0. The minimum Gasteiger partial charge on any atom is -0.744 e. The molecule has 0 amide bonds. The van der Waals surface area contributed by atoms with Crippen molar-refractivity contribution < 1.29 is 92.4 Å². The summed E-state index contributed by atoms with van der Waals surface area (Å²) in [4.78, 5) is 61.0. The zero-order valence-corrected chi connectivity index (χ0v) is 56.0. The Morgan fingerprint density at radius 3 is 1.51 bits per heavy atom. The average Bonchev–Trinajstić information content (AvgIpc) is 1.61. The summed E-state index contributed by atoms with van der Waals surface area (Å²) in [5.41, 5.74) is -1.41. The largest absolute Gasteiger partial charge is 0.744 e. The molecule has 0 spiro atoms. The third-order valence-electron chi connectivity index (χ3n) is 17.2. The summed E-state index contributed by atoms with van der Waals surface area (Å²) in [5.74, 6) is -13.1. The Morgan fingerprint density at radius 1 is 0.613 bits per heavy atom. The van der Waals surface area contributed by atoms with Gasteiger partial charge < -0.3 is 38.1 Å². The zero-order valence-electron chi connectivity index (χ0n) is 54.4. The molecule has 0 radical (unpaired) electrons. The van der Waals surface area contributed by atoms with Gasteiger partial charge in [-0.15, -0.1) is 0 Å². The van der Waals surface area contributed by atoms with E-state index >= 15 is 0 Å². The third-order valence-corrected chi connectivity index (χ3v) is 20.3. The average molecular weight is 1330 g/mol. The van der Waals surface area contributed by atoms with Crippen LogP contribution in [0.5, 0.6) is 17.2 Å². The van der Waals surface area contributed by atoms with E-state index in [-0.39, 0.29) is 70.9 Å². The summed E-state index contributed by atoms with van der Waals surface area (Å²) in [6.07, 6.45) is 3.26. The van der Waals surface area contributed by atoms with Crippen LogP contribution in [0.4, 0.5) is 22.0 Å². The van der Waals surface area contributed by atoms with Gasteiger partial charge in [-0.1, -0.05) is 88.4 Å². The molecule has 1 aliphatic carbocycles. The number of hydrogen-bond acceptors (Lipinski definition) is 15. The molecule has 0 aromatic heterocycles. The van der Waals surface area contributed by atoms with Crippen LogP contribution in [0, 0.1) is 56.7 Å². The molecule has 1 N–H and O–H groups in total. The summed E-state index contributed by atoms with van der Waals surface area (Å²) in [6, 6.07) is 43.0. The van der Waals surface area contributed by atoms with Crippen molar-refractivity contribution >= 4 is 50.9 Å². The number of aromatic hydroxyl groups is 1. The number of fused-ring (bicyclic) bond motifs is 2. The topological polar surface area (TPSA) is 218 Å². The van der Waals surface area contributed by atoms with Crippen molar-refractivity contribution in [2.75, 3.05) is 0 Å². The SMILES string of the molecule is CCC(C)(C)C(=O)OC1(C)CCc2cc(F)ccc21.CCC(C)(C)C(=O)OC1C2CC3C(=O)OC1C3O2.CCC(C)(C)C(=O)Oc1c(F)c(F)c(S(=O)(=O)[O-])c(F)c1F.CCC(C)(C)C(=O)Oc1ccc(O)cc1.c1ccc([S+](c2ccccc2)c2ccccc2)cc1. The predicted molar refractivity (Wildman–Crippen MR) is 336 cm³/mol. The molecule has 4 aliphatic rings. The molecular formula is C71H81F5O15S2. The molecule has 3 heterocycles. The Morgan fingerprint density at radius 2 is 1.05 bits per heavy atom. The van der Waals surface area contributed by atoms with Crippen LogP contribution >= 0.6 is 0 Å². The maximum Gasteiger partial charge on any atom is 0.317 e. The standard InChI is InChI=1S/C18H15S.C16H21FO2.C13H18O5.C12H12F4O5S.C12H16O3/c1-4-10-16(11-5-1)19(17-12-6-2-7-13-17)18-14-8-3-9-15-18;1-5-15(2,3)14(18)19-16(4)9-8-11-10-12(17)6-7-13(11)16;1-4-13(2,3)12(15)18-9-7-5-6-8(16-7)10(9)17-11(6)14;1-4-12(2,3)11(17)21-9-5(13)7(15)10(22(18,19)20)8(16)6(9)14;1-4-12(2,3)11(14)15-10-7-5-9(13)6-8-10/h1-15H;6-7,10H,5,8-9H2,1-4H3;6-10H,4-5H2,1-3H3;4H2,1-3H3,(H,18,19,20);5-8,13H,4H2,1-3H3/q+1;;;;/p-1. The van der Waals surface area contributed by atoms with E-state index in [2.05, 4.69) is 95.7 Å². The molecule has 3 fully saturated rings. The second kappa shape index (κ2) is 30.6. The fourth-order valence-corrected chi connectivity index (χ4v) is 12.2. The lowest BCUT2D eigenvalue weighted by atomic mass is 9.87. The monoisotopic (exact) mass is 1330 g/mol. The van der Waals surface area contributed by atoms with Crippen molar-refractivity contribution in [3.63, 3.8) is 0 Å².